The average molecular weight is 344 g/mol. The number of aliphatic hydroxyl groups excluding tert-OH is 1. The van der Waals surface area contributed by atoms with E-state index in [1.54, 1.807) is 0 Å². The zero-order valence-electron chi connectivity index (χ0n) is 10.6. The van der Waals surface area contributed by atoms with E-state index in [1.807, 2.05) is 0 Å². The summed E-state index contributed by atoms with van der Waals surface area (Å²) in [5.41, 5.74) is 0. The summed E-state index contributed by atoms with van der Waals surface area (Å²) in [6, 6.07) is 0. The Hall–Kier alpha value is -0.450. The molecule has 0 saturated heterocycles. The molecule has 0 rings (SSSR count). The minimum atomic E-state index is -0.0336. The molecule has 0 saturated carbocycles. The lowest BCUT2D eigenvalue weighted by molar-refractivity contribution is 0.350. The van der Waals surface area contributed by atoms with Gasteiger partial charge < -0.3 is 5.11 Å². The molecule has 0 aliphatic heterocycles. The Kier molecular flexibility index (Phi) is 13.3. The zero-order chi connectivity index (χ0) is 12.8. The molecule has 0 radical (unpaired) electrons. The first kappa shape index (κ1) is 16.6. The maximum Gasteiger partial charge on any atom is 0.104 e. The number of hydrogen-bond acceptors (Lipinski definition) is 1. The van der Waals surface area contributed by atoms with E-state index in [0.29, 0.717) is 0 Å². The van der Waals surface area contributed by atoms with Crippen LogP contribution in [-0.2, 0) is 0 Å². The smallest absolute Gasteiger partial charge is 0.104 e. The van der Waals surface area contributed by atoms with Crippen molar-refractivity contribution in [3.05, 3.63) is 9.66 Å². The van der Waals surface area contributed by atoms with Gasteiger partial charge in [-0.05, 0) is 45.4 Å². The molecule has 17 heavy (non-hydrogen) atoms. The highest BCUT2D eigenvalue weighted by Gasteiger charge is 1.89. The Morgan fingerprint density at radius 1 is 1.12 bits per heavy atom. The van der Waals surface area contributed by atoms with Crippen LogP contribution in [0.15, 0.2) is 9.66 Å². The molecule has 1 nitrogen and oxygen atoms in total. The predicted molar refractivity (Wildman–Crippen MR) is 82.7 cm³/mol. The van der Waals surface area contributed by atoms with Crippen LogP contribution in [0.5, 0.6) is 0 Å². The van der Waals surface area contributed by atoms with Crippen LogP contribution in [0.4, 0.5) is 0 Å². The summed E-state index contributed by atoms with van der Waals surface area (Å²) in [4.78, 5) is 0. The third kappa shape index (κ3) is 13.5. The topological polar surface area (TPSA) is 20.2 Å². The van der Waals surface area contributed by atoms with Gasteiger partial charge in [0.15, 0.2) is 0 Å². The summed E-state index contributed by atoms with van der Waals surface area (Å²) >= 11 is 2.37. The second kappa shape index (κ2) is 13.6. The largest absolute Gasteiger partial charge is 0.384 e. The Morgan fingerprint density at radius 3 is 2.53 bits per heavy atom. The number of halogens is 1. The highest BCUT2D eigenvalue weighted by molar-refractivity contribution is 14.1. The van der Waals surface area contributed by atoms with Crippen LogP contribution < -0.4 is 0 Å². The van der Waals surface area contributed by atoms with Gasteiger partial charge in [0.1, 0.15) is 6.61 Å². The molecule has 94 valence electrons. The lowest BCUT2D eigenvalue weighted by atomic mass is 10.2. The lowest BCUT2D eigenvalue weighted by Gasteiger charge is -1.93. The van der Waals surface area contributed by atoms with Crippen molar-refractivity contribution in [2.75, 3.05) is 6.61 Å². The SMILES string of the molecule is CCCCC#CCC/C(I)=C/CCC#CCO. The number of rotatable bonds is 6. The predicted octanol–water partition coefficient (Wildman–Crippen LogP) is 4.06. The lowest BCUT2D eigenvalue weighted by Crippen LogP contribution is -1.76. The van der Waals surface area contributed by atoms with Gasteiger partial charge in [-0.15, -0.1) is 17.8 Å². The molecular weight excluding hydrogens is 323 g/mol. The molecule has 1 N–H and O–H groups in total. The Labute approximate surface area is 119 Å². The molecule has 0 aromatic heterocycles. The van der Waals surface area contributed by atoms with Gasteiger partial charge in [-0.3, -0.25) is 0 Å². The molecule has 2 heteroatoms. The van der Waals surface area contributed by atoms with Crippen LogP contribution in [0.2, 0.25) is 0 Å². The van der Waals surface area contributed by atoms with Crippen LogP contribution >= 0.6 is 22.6 Å². The maximum absolute atomic E-state index is 8.47. The monoisotopic (exact) mass is 344 g/mol. The van der Waals surface area contributed by atoms with Gasteiger partial charge >= 0.3 is 0 Å². The maximum atomic E-state index is 8.47. The Bertz CT molecular complexity index is 322. The second-order valence-electron chi connectivity index (χ2n) is 3.66. The third-order valence-electron chi connectivity index (χ3n) is 2.11. The summed E-state index contributed by atoms with van der Waals surface area (Å²) < 4.78 is 1.36. The van der Waals surface area contributed by atoms with Crippen molar-refractivity contribution < 1.29 is 5.11 Å². The summed E-state index contributed by atoms with van der Waals surface area (Å²) in [7, 11) is 0. The summed E-state index contributed by atoms with van der Waals surface area (Å²) in [6.07, 6.45) is 9.48. The van der Waals surface area contributed by atoms with E-state index in [-0.39, 0.29) is 6.61 Å². The fraction of sp³-hybridized carbons (Fsp3) is 0.600. The van der Waals surface area contributed by atoms with Crippen molar-refractivity contribution in [2.24, 2.45) is 0 Å². The number of allylic oxidation sites excluding steroid dienone is 2. The normalized spacial score (nSPS) is 10.2. The van der Waals surface area contributed by atoms with E-state index in [1.165, 1.54) is 16.4 Å². The highest BCUT2D eigenvalue weighted by atomic mass is 127. The van der Waals surface area contributed by atoms with Crippen LogP contribution in [0, 0.1) is 23.7 Å². The van der Waals surface area contributed by atoms with Crippen molar-refractivity contribution in [3.63, 3.8) is 0 Å². The molecule has 0 aromatic carbocycles. The molecule has 0 fully saturated rings. The van der Waals surface area contributed by atoms with E-state index >= 15 is 0 Å². The zero-order valence-corrected chi connectivity index (χ0v) is 12.7. The summed E-state index contributed by atoms with van der Waals surface area (Å²) in [5.74, 6) is 12.0. The average Bonchev–Trinajstić information content (AvgIpc) is 2.33. The van der Waals surface area contributed by atoms with Gasteiger partial charge in [0.2, 0.25) is 0 Å². The standard InChI is InChI=1S/C15H21IO/c1-2-3-4-5-6-9-12-15(16)13-10-7-8-11-14-17/h13,17H,2-4,7,9-10,12,14H2,1H3/b15-13-. The molecule has 0 amide bonds. The van der Waals surface area contributed by atoms with E-state index in [9.17, 15) is 0 Å². The molecule has 0 unspecified atom stereocenters. The molecule has 0 heterocycles. The third-order valence-corrected chi connectivity index (χ3v) is 3.09. The fourth-order valence-corrected chi connectivity index (χ4v) is 1.75. The quantitative estimate of drug-likeness (QED) is 0.438. The van der Waals surface area contributed by atoms with Crippen LogP contribution in [0.3, 0.4) is 0 Å². The number of hydrogen-bond donors (Lipinski definition) is 1. The summed E-state index contributed by atoms with van der Waals surface area (Å²) in [5, 5.41) is 8.47. The van der Waals surface area contributed by atoms with E-state index in [2.05, 4.69) is 59.3 Å². The summed E-state index contributed by atoms with van der Waals surface area (Å²) in [6.45, 7) is 2.15. The van der Waals surface area contributed by atoms with Crippen molar-refractivity contribution in [1.29, 1.82) is 0 Å². The van der Waals surface area contributed by atoms with Gasteiger partial charge in [-0.1, -0.05) is 25.3 Å². The van der Waals surface area contributed by atoms with Gasteiger partial charge in [0, 0.05) is 19.3 Å². The van der Waals surface area contributed by atoms with Crippen molar-refractivity contribution in [2.45, 2.75) is 51.9 Å². The first-order valence-corrected chi connectivity index (χ1v) is 7.26. The second-order valence-corrected chi connectivity index (χ2v) is 5.04. The van der Waals surface area contributed by atoms with Gasteiger partial charge in [-0.25, -0.2) is 0 Å². The number of aliphatic hydroxyl groups is 1. The molecule has 0 aliphatic carbocycles. The van der Waals surface area contributed by atoms with Crippen LogP contribution in [0.1, 0.15) is 51.9 Å². The van der Waals surface area contributed by atoms with E-state index in [4.69, 9.17) is 5.11 Å². The molecular formula is C15H21IO. The highest BCUT2D eigenvalue weighted by Crippen LogP contribution is 2.14. The van der Waals surface area contributed by atoms with E-state index < -0.39 is 0 Å². The van der Waals surface area contributed by atoms with Crippen LogP contribution in [-0.4, -0.2) is 11.7 Å². The fourth-order valence-electron chi connectivity index (χ4n) is 1.17. The molecule has 0 spiro atoms. The Balaban J connectivity index is 3.58. The van der Waals surface area contributed by atoms with Crippen LogP contribution in [0.25, 0.3) is 0 Å². The van der Waals surface area contributed by atoms with Gasteiger partial charge in [0.05, 0.1) is 0 Å². The molecule has 0 bridgehead atoms. The molecule has 0 aliphatic rings. The minimum absolute atomic E-state index is 0.0336. The van der Waals surface area contributed by atoms with Crippen molar-refractivity contribution in [1.82, 2.24) is 0 Å². The first-order chi connectivity index (χ1) is 8.31. The van der Waals surface area contributed by atoms with Crippen molar-refractivity contribution >= 4 is 22.6 Å². The van der Waals surface area contributed by atoms with Gasteiger partial charge in [0.25, 0.3) is 0 Å². The Morgan fingerprint density at radius 2 is 1.82 bits per heavy atom. The van der Waals surface area contributed by atoms with Crippen molar-refractivity contribution in [3.8, 4) is 23.7 Å². The molecule has 0 atom stereocenters. The van der Waals surface area contributed by atoms with E-state index in [0.717, 1.165) is 32.1 Å². The first-order valence-electron chi connectivity index (χ1n) is 6.18. The minimum Gasteiger partial charge on any atom is -0.384 e. The van der Waals surface area contributed by atoms with Gasteiger partial charge in [-0.2, -0.15) is 0 Å². The molecule has 0 aromatic rings. The number of unbranched alkanes of at least 4 members (excludes halogenated alkanes) is 3.